The van der Waals surface area contributed by atoms with Crippen LogP contribution in [0.5, 0.6) is 0 Å². The van der Waals surface area contributed by atoms with Crippen molar-refractivity contribution in [2.45, 2.75) is 44.6 Å². The van der Waals surface area contributed by atoms with Crippen molar-refractivity contribution < 1.29 is 4.74 Å². The van der Waals surface area contributed by atoms with Gasteiger partial charge < -0.3 is 4.74 Å². The van der Waals surface area contributed by atoms with Crippen LogP contribution in [-0.4, -0.2) is 18.0 Å². The van der Waals surface area contributed by atoms with Crippen LogP contribution in [0, 0.1) is 5.41 Å². The van der Waals surface area contributed by atoms with Gasteiger partial charge in [0.2, 0.25) is 0 Å². The Bertz CT molecular complexity index is 148. The Morgan fingerprint density at radius 1 is 1.33 bits per heavy atom. The third-order valence-corrected chi connectivity index (χ3v) is 4.54. The van der Waals surface area contributed by atoms with Crippen LogP contribution in [0.15, 0.2) is 0 Å². The molecular weight excluding hydrogens is 216 g/mol. The summed E-state index contributed by atoms with van der Waals surface area (Å²) >= 11 is 3.66. The molecule has 12 heavy (non-hydrogen) atoms. The molecule has 0 aromatic carbocycles. The Kier molecular flexibility index (Phi) is 2.75. The highest BCUT2D eigenvalue weighted by atomic mass is 79.9. The van der Waals surface area contributed by atoms with E-state index in [9.17, 15) is 0 Å². The van der Waals surface area contributed by atoms with Gasteiger partial charge in [-0.25, -0.2) is 0 Å². The fourth-order valence-corrected chi connectivity index (χ4v) is 3.12. The van der Waals surface area contributed by atoms with Crippen molar-refractivity contribution in [1.82, 2.24) is 0 Å². The molecule has 1 atom stereocenters. The Labute approximate surface area is 83.0 Å². The van der Waals surface area contributed by atoms with E-state index in [1.165, 1.54) is 43.9 Å². The molecule has 1 aliphatic heterocycles. The molecule has 1 nitrogen and oxygen atoms in total. The molecule has 1 unspecified atom stereocenters. The molecule has 0 aromatic rings. The van der Waals surface area contributed by atoms with E-state index in [1.807, 2.05) is 0 Å². The first kappa shape index (κ1) is 9.01. The number of rotatable bonds is 4. The van der Waals surface area contributed by atoms with Crippen molar-refractivity contribution in [2.24, 2.45) is 5.41 Å². The predicted octanol–water partition coefficient (Wildman–Crippen LogP) is 3.12. The maximum Gasteiger partial charge on any atom is 0.0810 e. The highest BCUT2D eigenvalue weighted by Gasteiger charge is 2.34. The van der Waals surface area contributed by atoms with Crippen LogP contribution in [0.2, 0.25) is 0 Å². The molecule has 2 aliphatic rings. The van der Waals surface area contributed by atoms with Crippen LogP contribution in [0.1, 0.15) is 38.5 Å². The van der Waals surface area contributed by atoms with Crippen LogP contribution >= 0.6 is 15.9 Å². The zero-order chi connectivity index (χ0) is 8.44. The van der Waals surface area contributed by atoms with E-state index in [0.29, 0.717) is 11.5 Å². The van der Waals surface area contributed by atoms with Crippen LogP contribution in [0.3, 0.4) is 0 Å². The number of hydrogen-bond donors (Lipinski definition) is 0. The SMILES string of the molecule is BrCC1(CCC2CO2)CCCC1. The molecule has 1 saturated heterocycles. The van der Waals surface area contributed by atoms with Gasteiger partial charge in [-0.2, -0.15) is 0 Å². The minimum atomic E-state index is 0.626. The minimum absolute atomic E-state index is 0.626. The van der Waals surface area contributed by atoms with Gasteiger partial charge in [-0.15, -0.1) is 0 Å². The first-order valence-corrected chi connectivity index (χ1v) is 6.14. The molecule has 0 aromatic heterocycles. The van der Waals surface area contributed by atoms with Crippen molar-refractivity contribution in [1.29, 1.82) is 0 Å². The van der Waals surface area contributed by atoms with Crippen LogP contribution in [-0.2, 0) is 4.74 Å². The zero-order valence-corrected chi connectivity index (χ0v) is 9.11. The molecule has 70 valence electrons. The average Bonchev–Trinajstić information content (AvgIpc) is 2.82. The largest absolute Gasteiger partial charge is 0.373 e. The number of ether oxygens (including phenoxy) is 1. The molecule has 0 radical (unpaired) electrons. The van der Waals surface area contributed by atoms with E-state index in [-0.39, 0.29) is 0 Å². The van der Waals surface area contributed by atoms with E-state index < -0.39 is 0 Å². The quantitative estimate of drug-likeness (QED) is 0.536. The van der Waals surface area contributed by atoms with Gasteiger partial charge in [-0.3, -0.25) is 0 Å². The summed E-state index contributed by atoms with van der Waals surface area (Å²) in [5, 5.41) is 1.20. The monoisotopic (exact) mass is 232 g/mol. The Balaban J connectivity index is 1.79. The molecule has 2 heteroatoms. The lowest BCUT2D eigenvalue weighted by molar-refractivity contribution is 0.285. The van der Waals surface area contributed by atoms with E-state index >= 15 is 0 Å². The summed E-state index contributed by atoms with van der Waals surface area (Å²) in [6.07, 6.45) is 9.06. The minimum Gasteiger partial charge on any atom is -0.373 e. The second-order valence-electron chi connectivity index (χ2n) is 4.33. The lowest BCUT2D eigenvalue weighted by Crippen LogP contribution is -2.18. The molecule has 0 bridgehead atoms. The fraction of sp³-hybridized carbons (Fsp3) is 1.00. The third-order valence-electron chi connectivity index (χ3n) is 3.35. The standard InChI is InChI=1S/C10H17BrO/c11-8-10(4-1-2-5-10)6-3-9-7-12-9/h9H,1-8H2. The molecular formula is C10H17BrO. The predicted molar refractivity (Wildman–Crippen MR) is 53.7 cm³/mol. The maximum absolute atomic E-state index is 5.24. The van der Waals surface area contributed by atoms with E-state index in [4.69, 9.17) is 4.74 Å². The molecule has 0 spiro atoms. The lowest BCUT2D eigenvalue weighted by Gasteiger charge is -2.25. The smallest absolute Gasteiger partial charge is 0.0810 e. The molecule has 2 fully saturated rings. The molecule has 0 amide bonds. The van der Waals surface area contributed by atoms with Gasteiger partial charge in [0.05, 0.1) is 12.7 Å². The van der Waals surface area contributed by atoms with Crippen LogP contribution in [0.4, 0.5) is 0 Å². The first-order valence-electron chi connectivity index (χ1n) is 5.02. The summed E-state index contributed by atoms with van der Waals surface area (Å²) in [5.74, 6) is 0. The van der Waals surface area contributed by atoms with Gasteiger partial charge in [0.15, 0.2) is 0 Å². The maximum atomic E-state index is 5.24. The van der Waals surface area contributed by atoms with E-state index in [1.54, 1.807) is 0 Å². The van der Waals surface area contributed by atoms with Gasteiger partial charge in [0, 0.05) is 5.33 Å². The second-order valence-corrected chi connectivity index (χ2v) is 4.90. The second kappa shape index (κ2) is 3.67. The topological polar surface area (TPSA) is 12.5 Å². The van der Waals surface area contributed by atoms with Gasteiger partial charge in [0.1, 0.15) is 0 Å². The zero-order valence-electron chi connectivity index (χ0n) is 7.52. The molecule has 1 aliphatic carbocycles. The van der Waals surface area contributed by atoms with E-state index in [0.717, 1.165) is 6.61 Å². The highest BCUT2D eigenvalue weighted by molar-refractivity contribution is 9.09. The first-order chi connectivity index (χ1) is 5.85. The van der Waals surface area contributed by atoms with Crippen molar-refractivity contribution in [3.63, 3.8) is 0 Å². The average molecular weight is 233 g/mol. The van der Waals surface area contributed by atoms with Crippen molar-refractivity contribution in [3.05, 3.63) is 0 Å². The molecule has 1 saturated carbocycles. The lowest BCUT2D eigenvalue weighted by atomic mass is 9.83. The van der Waals surface area contributed by atoms with Crippen molar-refractivity contribution >= 4 is 15.9 Å². The Morgan fingerprint density at radius 2 is 2.00 bits per heavy atom. The summed E-state index contributed by atoms with van der Waals surface area (Å²) in [5.41, 5.74) is 0.645. The Hall–Kier alpha value is 0.440. The summed E-state index contributed by atoms with van der Waals surface area (Å²) in [7, 11) is 0. The van der Waals surface area contributed by atoms with Gasteiger partial charge in [0.25, 0.3) is 0 Å². The van der Waals surface area contributed by atoms with Gasteiger partial charge in [-0.05, 0) is 31.1 Å². The summed E-state index contributed by atoms with van der Waals surface area (Å²) in [6, 6.07) is 0. The summed E-state index contributed by atoms with van der Waals surface area (Å²) < 4.78 is 5.24. The number of halogens is 1. The number of epoxide rings is 1. The molecule has 0 N–H and O–H groups in total. The van der Waals surface area contributed by atoms with Crippen molar-refractivity contribution in [3.8, 4) is 0 Å². The van der Waals surface area contributed by atoms with Crippen LogP contribution in [0.25, 0.3) is 0 Å². The van der Waals surface area contributed by atoms with Gasteiger partial charge in [-0.1, -0.05) is 28.8 Å². The third kappa shape index (κ3) is 2.02. The normalized spacial score (nSPS) is 32.2. The molecule has 1 heterocycles. The van der Waals surface area contributed by atoms with Crippen molar-refractivity contribution in [2.75, 3.05) is 11.9 Å². The van der Waals surface area contributed by atoms with Gasteiger partial charge >= 0.3 is 0 Å². The number of alkyl halides is 1. The fourth-order valence-electron chi connectivity index (χ4n) is 2.28. The number of hydrogen-bond acceptors (Lipinski definition) is 1. The molecule has 2 rings (SSSR count). The highest BCUT2D eigenvalue weighted by Crippen LogP contribution is 2.44. The van der Waals surface area contributed by atoms with Crippen LogP contribution < -0.4 is 0 Å². The Morgan fingerprint density at radius 3 is 2.50 bits per heavy atom. The summed E-state index contributed by atoms with van der Waals surface area (Å²) in [4.78, 5) is 0. The van der Waals surface area contributed by atoms with E-state index in [2.05, 4.69) is 15.9 Å². The summed E-state index contributed by atoms with van der Waals surface area (Å²) in [6.45, 7) is 1.03.